The van der Waals surface area contributed by atoms with E-state index >= 15 is 0 Å². The van der Waals surface area contributed by atoms with Gasteiger partial charge < -0.3 is 23.8 Å². The molecule has 0 bridgehead atoms. The lowest BCUT2D eigenvalue weighted by molar-refractivity contribution is 0.342. The standard InChI is InChI=1S/C55H39N3O2/c1-36-12-11-18-51-55(36)60-54-21-10-7-17-50(54)58(51)43-30-24-38(25-31-43)40-27-33-47-45(35-40)44-34-39(26-32-46(44)56(47)41-13-3-2-4-14-41)37-22-28-42(29-23-37)57-48-15-5-8-19-52(48)59-53-20-9-6-16-49(53)57/h2-11,13-36H,12H2,1H3. The van der Waals surface area contributed by atoms with E-state index in [1.165, 1.54) is 38.5 Å². The van der Waals surface area contributed by atoms with Gasteiger partial charge in [-0.1, -0.05) is 104 Å². The molecule has 3 aliphatic rings. The lowest BCUT2D eigenvalue weighted by Crippen LogP contribution is -2.27. The van der Waals surface area contributed by atoms with Crippen molar-refractivity contribution in [3.63, 3.8) is 0 Å². The summed E-state index contributed by atoms with van der Waals surface area (Å²) in [5.41, 5.74) is 14.6. The maximum absolute atomic E-state index is 6.47. The van der Waals surface area contributed by atoms with Crippen molar-refractivity contribution in [2.75, 3.05) is 9.80 Å². The Morgan fingerprint density at radius 1 is 0.433 bits per heavy atom. The molecule has 286 valence electrons. The fraction of sp³-hybridized carbons (Fsp3) is 0.0545. The van der Waals surface area contributed by atoms with Crippen LogP contribution in [-0.4, -0.2) is 4.57 Å². The van der Waals surface area contributed by atoms with Crippen LogP contribution in [0.1, 0.15) is 13.3 Å². The predicted molar refractivity (Wildman–Crippen MR) is 246 cm³/mol. The molecule has 0 amide bonds. The van der Waals surface area contributed by atoms with Gasteiger partial charge in [-0.25, -0.2) is 0 Å². The third kappa shape index (κ3) is 5.47. The van der Waals surface area contributed by atoms with Crippen molar-refractivity contribution in [3.8, 4) is 45.2 Å². The molecule has 0 radical (unpaired) electrons. The maximum Gasteiger partial charge on any atom is 0.151 e. The van der Waals surface area contributed by atoms with Gasteiger partial charge in [0.1, 0.15) is 5.76 Å². The van der Waals surface area contributed by atoms with Crippen molar-refractivity contribution in [1.82, 2.24) is 4.57 Å². The number of rotatable bonds is 5. The Morgan fingerprint density at radius 2 is 0.900 bits per heavy atom. The summed E-state index contributed by atoms with van der Waals surface area (Å²) in [6.45, 7) is 2.24. The van der Waals surface area contributed by atoms with Crippen LogP contribution in [0.15, 0.2) is 212 Å². The van der Waals surface area contributed by atoms with E-state index in [-0.39, 0.29) is 0 Å². The number of hydrogen-bond acceptors (Lipinski definition) is 4. The predicted octanol–water partition coefficient (Wildman–Crippen LogP) is 15.0. The average Bonchev–Trinajstić information content (AvgIpc) is 3.64. The van der Waals surface area contributed by atoms with Crippen LogP contribution in [-0.2, 0) is 0 Å². The second-order valence-electron chi connectivity index (χ2n) is 15.8. The third-order valence-corrected chi connectivity index (χ3v) is 12.2. The lowest BCUT2D eigenvalue weighted by Gasteiger charge is -2.37. The molecule has 1 aromatic heterocycles. The number of para-hydroxylation sites is 7. The van der Waals surface area contributed by atoms with Gasteiger partial charge in [-0.05, 0) is 132 Å². The Labute approximate surface area is 348 Å². The van der Waals surface area contributed by atoms with Gasteiger partial charge in [-0.2, -0.15) is 0 Å². The molecule has 0 saturated heterocycles. The van der Waals surface area contributed by atoms with Crippen LogP contribution in [0.25, 0.3) is 49.7 Å². The van der Waals surface area contributed by atoms with Crippen molar-refractivity contribution in [3.05, 3.63) is 212 Å². The first-order valence-electron chi connectivity index (χ1n) is 20.6. The summed E-state index contributed by atoms with van der Waals surface area (Å²) in [7, 11) is 0. The highest BCUT2D eigenvalue weighted by Gasteiger charge is 2.31. The minimum absolute atomic E-state index is 0.316. The van der Waals surface area contributed by atoms with Crippen LogP contribution >= 0.6 is 0 Å². The summed E-state index contributed by atoms with van der Waals surface area (Å²) in [5.74, 6) is 3.94. The van der Waals surface area contributed by atoms with Crippen LogP contribution in [0.2, 0.25) is 0 Å². The Kier molecular flexibility index (Phi) is 7.82. The quantitative estimate of drug-likeness (QED) is 0.174. The molecular formula is C55H39N3O2. The number of ether oxygens (including phenoxy) is 2. The SMILES string of the molecule is CC1CC=CC2=C1Oc1ccccc1N2c1ccc(-c2ccc3c(c2)c2cc(-c4ccc(N5c6ccccc6Oc6ccccc65)cc4)ccc2n3-c2ccccc2)cc1. The normalized spacial score (nSPS) is 15.2. The van der Waals surface area contributed by atoms with E-state index in [4.69, 9.17) is 9.47 Å². The topological polar surface area (TPSA) is 29.9 Å². The van der Waals surface area contributed by atoms with Gasteiger partial charge in [0.15, 0.2) is 17.2 Å². The first-order chi connectivity index (χ1) is 29.7. The molecule has 0 N–H and O–H groups in total. The average molecular weight is 774 g/mol. The zero-order chi connectivity index (χ0) is 39.7. The van der Waals surface area contributed by atoms with E-state index in [9.17, 15) is 0 Å². The largest absolute Gasteiger partial charge is 0.457 e. The summed E-state index contributed by atoms with van der Waals surface area (Å²) in [6.07, 6.45) is 5.44. The fourth-order valence-electron chi connectivity index (χ4n) is 9.24. The Hall–Kier alpha value is -7.76. The minimum atomic E-state index is 0.316. The van der Waals surface area contributed by atoms with Crippen molar-refractivity contribution < 1.29 is 9.47 Å². The molecule has 0 spiro atoms. The fourth-order valence-corrected chi connectivity index (χ4v) is 9.24. The summed E-state index contributed by atoms with van der Waals surface area (Å²) in [5, 5.41) is 2.43. The molecule has 60 heavy (non-hydrogen) atoms. The van der Waals surface area contributed by atoms with Crippen LogP contribution < -0.4 is 19.3 Å². The first-order valence-corrected chi connectivity index (χ1v) is 20.6. The molecule has 2 aliphatic heterocycles. The molecule has 1 atom stereocenters. The third-order valence-electron chi connectivity index (χ3n) is 12.2. The Bertz CT molecular complexity index is 3150. The maximum atomic E-state index is 6.47. The number of benzene rings is 8. The summed E-state index contributed by atoms with van der Waals surface area (Å²) in [6, 6.07) is 67.1. The van der Waals surface area contributed by atoms with E-state index < -0.39 is 0 Å². The van der Waals surface area contributed by atoms with Gasteiger partial charge >= 0.3 is 0 Å². The summed E-state index contributed by atoms with van der Waals surface area (Å²) < 4.78 is 15.1. The molecule has 5 heteroatoms. The van der Waals surface area contributed by atoms with Gasteiger partial charge in [0.25, 0.3) is 0 Å². The molecule has 0 saturated carbocycles. The number of hydrogen-bond donors (Lipinski definition) is 0. The van der Waals surface area contributed by atoms with Gasteiger partial charge in [-0.3, -0.25) is 0 Å². The molecule has 1 aliphatic carbocycles. The van der Waals surface area contributed by atoms with Crippen LogP contribution in [0, 0.1) is 5.92 Å². The molecule has 0 fully saturated rings. The molecule has 3 heterocycles. The highest BCUT2D eigenvalue weighted by molar-refractivity contribution is 6.11. The molecule has 1 unspecified atom stereocenters. The highest BCUT2D eigenvalue weighted by Crippen LogP contribution is 2.51. The first kappa shape index (κ1) is 34.3. The monoisotopic (exact) mass is 773 g/mol. The lowest BCUT2D eigenvalue weighted by atomic mass is 9.95. The number of nitrogens with zero attached hydrogens (tertiary/aromatic N) is 3. The number of allylic oxidation sites excluding steroid dienone is 3. The van der Waals surface area contributed by atoms with Gasteiger partial charge in [0, 0.05) is 33.8 Å². The summed E-state index contributed by atoms with van der Waals surface area (Å²) >= 11 is 0. The Morgan fingerprint density at radius 3 is 1.47 bits per heavy atom. The zero-order valence-electron chi connectivity index (χ0n) is 33.0. The van der Waals surface area contributed by atoms with Crippen molar-refractivity contribution in [1.29, 1.82) is 0 Å². The van der Waals surface area contributed by atoms with Crippen LogP contribution in [0.4, 0.5) is 28.4 Å². The molecule has 5 nitrogen and oxygen atoms in total. The second kappa shape index (κ2) is 13.7. The number of fused-ring (bicyclic) bond motifs is 6. The van der Waals surface area contributed by atoms with Crippen molar-refractivity contribution >= 4 is 50.2 Å². The number of aromatic nitrogens is 1. The van der Waals surface area contributed by atoms with Gasteiger partial charge in [0.05, 0.1) is 33.8 Å². The highest BCUT2D eigenvalue weighted by atomic mass is 16.5. The van der Waals surface area contributed by atoms with E-state index in [0.29, 0.717) is 5.92 Å². The Balaban J connectivity index is 0.938. The zero-order valence-corrected chi connectivity index (χ0v) is 33.0. The van der Waals surface area contributed by atoms with Gasteiger partial charge in [-0.15, -0.1) is 0 Å². The second-order valence-corrected chi connectivity index (χ2v) is 15.8. The summed E-state index contributed by atoms with van der Waals surface area (Å²) in [4.78, 5) is 4.62. The minimum Gasteiger partial charge on any atom is -0.457 e. The number of anilines is 5. The van der Waals surface area contributed by atoms with E-state index in [0.717, 1.165) is 74.8 Å². The van der Waals surface area contributed by atoms with Gasteiger partial charge in [0.2, 0.25) is 0 Å². The smallest absolute Gasteiger partial charge is 0.151 e. The molecule has 8 aromatic carbocycles. The molecule has 9 aromatic rings. The van der Waals surface area contributed by atoms with Crippen LogP contribution in [0.3, 0.4) is 0 Å². The van der Waals surface area contributed by atoms with E-state index in [1.54, 1.807) is 0 Å². The molecular weight excluding hydrogens is 735 g/mol. The van der Waals surface area contributed by atoms with E-state index in [1.807, 2.05) is 30.3 Å². The van der Waals surface area contributed by atoms with E-state index in [2.05, 4.69) is 191 Å². The van der Waals surface area contributed by atoms with Crippen molar-refractivity contribution in [2.45, 2.75) is 13.3 Å². The molecule has 12 rings (SSSR count). The van der Waals surface area contributed by atoms with Crippen LogP contribution in [0.5, 0.6) is 17.2 Å². The van der Waals surface area contributed by atoms with Crippen molar-refractivity contribution in [2.24, 2.45) is 5.92 Å².